The molecule has 0 aromatic carbocycles. The largest absolute Gasteiger partial charge is 0.462 e. The Kier molecular flexibility index (Phi) is 4.47. The molecule has 0 fully saturated rings. The number of hydrogen-bond acceptors (Lipinski definition) is 6. The highest BCUT2D eigenvalue weighted by molar-refractivity contribution is 7.17. The van der Waals surface area contributed by atoms with Gasteiger partial charge in [0, 0.05) is 10.9 Å². The highest BCUT2D eigenvalue weighted by Crippen LogP contribution is 2.38. The van der Waals surface area contributed by atoms with E-state index in [0.29, 0.717) is 22.9 Å². The molecule has 2 aromatic heterocycles. The van der Waals surface area contributed by atoms with Crippen LogP contribution in [0.1, 0.15) is 56.8 Å². The molecule has 0 saturated carbocycles. The van der Waals surface area contributed by atoms with Crippen LogP contribution in [0.2, 0.25) is 0 Å². The van der Waals surface area contributed by atoms with Crippen molar-refractivity contribution in [1.82, 2.24) is 5.16 Å². The topological polar surface area (TPSA) is 81.4 Å². The number of aromatic nitrogens is 1. The Morgan fingerprint density at radius 2 is 2.17 bits per heavy atom. The number of esters is 1. The normalized spacial score (nSPS) is 13.5. The summed E-state index contributed by atoms with van der Waals surface area (Å²) in [5, 5.41) is 7.03. The number of rotatable bonds is 4. The van der Waals surface area contributed by atoms with Gasteiger partial charge >= 0.3 is 5.97 Å². The molecule has 0 spiro atoms. The summed E-state index contributed by atoms with van der Waals surface area (Å²) < 4.78 is 10.1. The van der Waals surface area contributed by atoms with Crippen molar-refractivity contribution in [3.05, 3.63) is 33.5 Å². The van der Waals surface area contributed by atoms with E-state index in [-0.39, 0.29) is 11.7 Å². The van der Waals surface area contributed by atoms with Gasteiger partial charge in [-0.1, -0.05) is 5.16 Å². The number of fused-ring (bicyclic) bond motifs is 1. The number of nitrogens with one attached hydrogen (secondary N) is 1. The summed E-state index contributed by atoms with van der Waals surface area (Å²) in [6.45, 7) is 3.82. The molecule has 6 nitrogen and oxygen atoms in total. The molecule has 0 atom stereocenters. The molecule has 0 radical (unpaired) electrons. The van der Waals surface area contributed by atoms with Crippen molar-refractivity contribution in [1.29, 1.82) is 0 Å². The number of thiophene rings is 1. The summed E-state index contributed by atoms with van der Waals surface area (Å²) in [7, 11) is 0. The number of ether oxygens (including phenoxy) is 1. The number of nitrogens with zero attached hydrogens (tertiary/aromatic N) is 1. The van der Waals surface area contributed by atoms with Crippen LogP contribution in [0.25, 0.3) is 0 Å². The summed E-state index contributed by atoms with van der Waals surface area (Å²) in [6, 6.07) is 1.56. The molecule has 2 heterocycles. The molecule has 0 unspecified atom stereocenters. The Bertz CT molecular complexity index is 747. The molecule has 1 aliphatic carbocycles. The number of carbonyl (C=O) groups is 2. The van der Waals surface area contributed by atoms with E-state index in [1.165, 1.54) is 11.3 Å². The Hall–Kier alpha value is -2.15. The van der Waals surface area contributed by atoms with E-state index in [9.17, 15) is 9.59 Å². The van der Waals surface area contributed by atoms with Gasteiger partial charge in [-0.25, -0.2) is 4.79 Å². The number of hydrogen-bond donors (Lipinski definition) is 1. The molecule has 0 bridgehead atoms. The Morgan fingerprint density at radius 3 is 2.87 bits per heavy atom. The summed E-state index contributed by atoms with van der Waals surface area (Å²) in [4.78, 5) is 25.8. The van der Waals surface area contributed by atoms with E-state index < -0.39 is 5.91 Å². The van der Waals surface area contributed by atoms with Crippen molar-refractivity contribution < 1.29 is 18.8 Å². The van der Waals surface area contributed by atoms with Crippen LogP contribution in [0.3, 0.4) is 0 Å². The van der Waals surface area contributed by atoms with Gasteiger partial charge in [0.2, 0.25) is 5.76 Å². The zero-order chi connectivity index (χ0) is 16.4. The molecule has 122 valence electrons. The van der Waals surface area contributed by atoms with Gasteiger partial charge in [0.1, 0.15) is 5.00 Å². The van der Waals surface area contributed by atoms with Crippen LogP contribution < -0.4 is 5.32 Å². The van der Waals surface area contributed by atoms with Gasteiger partial charge in [0.25, 0.3) is 5.91 Å². The molecule has 1 N–H and O–H groups in total. The van der Waals surface area contributed by atoms with Crippen molar-refractivity contribution in [3.63, 3.8) is 0 Å². The molecule has 1 amide bonds. The van der Waals surface area contributed by atoms with Crippen molar-refractivity contribution in [2.45, 2.75) is 39.5 Å². The standard InChI is InChI=1S/C16H18N2O4S/c1-3-21-16(20)13-10-6-4-5-7-12(10)23-15(13)17-14(19)11-8-9(2)18-22-11/h8H,3-7H2,1-2H3,(H,17,19). The second kappa shape index (κ2) is 6.54. The van der Waals surface area contributed by atoms with Crippen LogP contribution in [0.4, 0.5) is 5.00 Å². The maximum Gasteiger partial charge on any atom is 0.341 e. The number of amides is 1. The van der Waals surface area contributed by atoms with Gasteiger partial charge in [0.05, 0.1) is 17.9 Å². The monoisotopic (exact) mass is 334 g/mol. The van der Waals surface area contributed by atoms with E-state index in [4.69, 9.17) is 9.26 Å². The summed E-state index contributed by atoms with van der Waals surface area (Å²) in [6.07, 6.45) is 3.93. The highest BCUT2D eigenvalue weighted by Gasteiger charge is 2.28. The zero-order valence-corrected chi connectivity index (χ0v) is 13.9. The van der Waals surface area contributed by atoms with E-state index in [2.05, 4.69) is 10.5 Å². The minimum absolute atomic E-state index is 0.128. The Labute approximate surface area is 137 Å². The van der Waals surface area contributed by atoms with Gasteiger partial charge in [-0.2, -0.15) is 0 Å². The number of carbonyl (C=O) groups excluding carboxylic acids is 2. The lowest BCUT2D eigenvalue weighted by molar-refractivity contribution is 0.0526. The molecular formula is C16H18N2O4S. The van der Waals surface area contributed by atoms with Crippen LogP contribution in [-0.2, 0) is 17.6 Å². The SMILES string of the molecule is CCOC(=O)c1c(NC(=O)c2cc(C)no2)sc2c1CCCC2. The van der Waals surface area contributed by atoms with Crippen molar-refractivity contribution in [2.24, 2.45) is 0 Å². The van der Waals surface area contributed by atoms with Gasteiger partial charge < -0.3 is 14.6 Å². The lowest BCUT2D eigenvalue weighted by Gasteiger charge is -2.12. The van der Waals surface area contributed by atoms with Crippen molar-refractivity contribution in [3.8, 4) is 0 Å². The van der Waals surface area contributed by atoms with Gasteiger partial charge in [0.15, 0.2) is 0 Å². The maximum atomic E-state index is 12.3. The molecule has 3 rings (SSSR count). The summed E-state index contributed by atoms with van der Waals surface area (Å²) >= 11 is 1.45. The molecule has 0 saturated heterocycles. The molecule has 23 heavy (non-hydrogen) atoms. The molecule has 2 aromatic rings. The second-order valence-electron chi connectivity index (χ2n) is 5.42. The minimum Gasteiger partial charge on any atom is -0.462 e. The van der Waals surface area contributed by atoms with Crippen LogP contribution in [0.5, 0.6) is 0 Å². The highest BCUT2D eigenvalue weighted by atomic mass is 32.1. The van der Waals surface area contributed by atoms with Crippen LogP contribution in [-0.4, -0.2) is 23.6 Å². The first-order chi connectivity index (χ1) is 11.1. The lowest BCUT2D eigenvalue weighted by Crippen LogP contribution is -2.15. The van der Waals surface area contributed by atoms with Crippen LogP contribution >= 0.6 is 11.3 Å². The predicted octanol–water partition coefficient (Wildman–Crippen LogP) is 3.35. The smallest absolute Gasteiger partial charge is 0.341 e. The molecule has 7 heteroatoms. The molecular weight excluding hydrogens is 316 g/mol. The van der Waals surface area contributed by atoms with Crippen molar-refractivity contribution in [2.75, 3.05) is 11.9 Å². The fraction of sp³-hybridized carbons (Fsp3) is 0.438. The third-order valence-electron chi connectivity index (χ3n) is 3.73. The molecule has 0 aliphatic heterocycles. The van der Waals surface area contributed by atoms with E-state index in [0.717, 1.165) is 36.1 Å². The summed E-state index contributed by atoms with van der Waals surface area (Å²) in [5.74, 6) is -0.658. The van der Waals surface area contributed by atoms with Gasteiger partial charge in [-0.3, -0.25) is 4.79 Å². The van der Waals surface area contributed by atoms with Crippen LogP contribution in [0, 0.1) is 6.92 Å². The predicted molar refractivity (Wildman–Crippen MR) is 86.1 cm³/mol. The first-order valence-electron chi connectivity index (χ1n) is 7.66. The maximum absolute atomic E-state index is 12.3. The molecule has 1 aliphatic rings. The van der Waals surface area contributed by atoms with Crippen LogP contribution in [0.15, 0.2) is 10.6 Å². The third kappa shape index (κ3) is 3.14. The average molecular weight is 334 g/mol. The second-order valence-corrected chi connectivity index (χ2v) is 6.53. The number of anilines is 1. The average Bonchev–Trinajstić information content (AvgIpc) is 3.10. The fourth-order valence-corrected chi connectivity index (χ4v) is 3.98. The Morgan fingerprint density at radius 1 is 1.39 bits per heavy atom. The number of aryl methyl sites for hydroxylation is 2. The van der Waals surface area contributed by atoms with Gasteiger partial charge in [-0.15, -0.1) is 11.3 Å². The van der Waals surface area contributed by atoms with E-state index in [1.807, 2.05) is 0 Å². The van der Waals surface area contributed by atoms with Crippen molar-refractivity contribution >= 4 is 28.2 Å². The van der Waals surface area contributed by atoms with E-state index in [1.54, 1.807) is 19.9 Å². The quantitative estimate of drug-likeness (QED) is 0.867. The first kappa shape index (κ1) is 15.7. The van der Waals surface area contributed by atoms with E-state index >= 15 is 0 Å². The van der Waals surface area contributed by atoms with Gasteiger partial charge in [-0.05, 0) is 45.1 Å². The minimum atomic E-state index is -0.408. The summed E-state index contributed by atoms with van der Waals surface area (Å²) in [5.41, 5.74) is 2.14. The third-order valence-corrected chi connectivity index (χ3v) is 4.94. The fourth-order valence-electron chi connectivity index (χ4n) is 2.71. The first-order valence-corrected chi connectivity index (χ1v) is 8.48. The lowest BCUT2D eigenvalue weighted by atomic mass is 9.95. The zero-order valence-electron chi connectivity index (χ0n) is 13.1. The Balaban J connectivity index is 1.93.